The molecule has 1 aromatic carbocycles. The quantitative estimate of drug-likeness (QED) is 0.845. The second-order valence-electron chi connectivity index (χ2n) is 5.68. The van der Waals surface area contributed by atoms with Gasteiger partial charge >= 0.3 is 0 Å². The molecule has 1 aromatic heterocycles. The van der Waals surface area contributed by atoms with Crippen molar-refractivity contribution in [2.24, 2.45) is 5.41 Å². The molecule has 0 spiro atoms. The van der Waals surface area contributed by atoms with E-state index in [1.807, 2.05) is 30.5 Å². The Balaban J connectivity index is 1.72. The van der Waals surface area contributed by atoms with Crippen molar-refractivity contribution in [3.8, 4) is 0 Å². The normalized spacial score (nSPS) is 16.5. The third-order valence-corrected chi connectivity index (χ3v) is 4.20. The molecular formula is C16H20N2O. The van der Waals surface area contributed by atoms with Gasteiger partial charge in [0.25, 0.3) is 5.91 Å². The molecule has 19 heavy (non-hydrogen) atoms. The minimum absolute atomic E-state index is 0.0487. The van der Waals surface area contributed by atoms with E-state index in [0.717, 1.165) is 23.0 Å². The van der Waals surface area contributed by atoms with Crippen molar-refractivity contribution in [2.45, 2.75) is 32.6 Å². The Hall–Kier alpha value is -1.77. The number of rotatable bonds is 5. The molecule has 3 heteroatoms. The zero-order valence-corrected chi connectivity index (χ0v) is 11.3. The molecule has 0 atom stereocenters. The van der Waals surface area contributed by atoms with Crippen molar-refractivity contribution in [3.05, 3.63) is 36.0 Å². The summed E-state index contributed by atoms with van der Waals surface area (Å²) in [5.41, 5.74) is 2.18. The minimum atomic E-state index is 0.0487. The second-order valence-corrected chi connectivity index (χ2v) is 5.68. The summed E-state index contributed by atoms with van der Waals surface area (Å²) in [6.45, 7) is 3.03. The number of aromatic nitrogens is 1. The third kappa shape index (κ3) is 2.37. The number of benzene rings is 1. The number of hydrogen-bond donors (Lipinski definition) is 2. The molecule has 100 valence electrons. The van der Waals surface area contributed by atoms with Crippen LogP contribution < -0.4 is 5.32 Å². The maximum Gasteiger partial charge on any atom is 0.251 e. The summed E-state index contributed by atoms with van der Waals surface area (Å²) in [5.74, 6) is 0.0487. The fourth-order valence-electron chi connectivity index (χ4n) is 2.87. The number of hydrogen-bond acceptors (Lipinski definition) is 1. The fourth-order valence-corrected chi connectivity index (χ4v) is 2.87. The maximum atomic E-state index is 12.3. The van der Waals surface area contributed by atoms with Gasteiger partial charge in [0, 0.05) is 29.2 Å². The minimum Gasteiger partial charge on any atom is -0.361 e. The Bertz CT molecular complexity index is 596. The Morgan fingerprint density at radius 3 is 2.95 bits per heavy atom. The summed E-state index contributed by atoms with van der Waals surface area (Å²) >= 11 is 0. The highest BCUT2D eigenvalue weighted by atomic mass is 16.1. The molecule has 1 amide bonds. The van der Waals surface area contributed by atoms with E-state index in [4.69, 9.17) is 0 Å². The maximum absolute atomic E-state index is 12.3. The molecular weight excluding hydrogens is 236 g/mol. The van der Waals surface area contributed by atoms with E-state index >= 15 is 0 Å². The highest BCUT2D eigenvalue weighted by Crippen LogP contribution is 2.48. The molecule has 3 rings (SSSR count). The Kier molecular flexibility index (Phi) is 3.05. The van der Waals surface area contributed by atoms with Crippen LogP contribution >= 0.6 is 0 Å². The van der Waals surface area contributed by atoms with Crippen LogP contribution in [0.1, 0.15) is 43.0 Å². The molecule has 1 heterocycles. The first-order chi connectivity index (χ1) is 9.24. The van der Waals surface area contributed by atoms with E-state index in [2.05, 4.69) is 17.2 Å². The highest BCUT2D eigenvalue weighted by Gasteiger charge is 2.41. The van der Waals surface area contributed by atoms with E-state index in [1.54, 1.807) is 0 Å². The number of H-pyrrole nitrogens is 1. The van der Waals surface area contributed by atoms with E-state index in [1.165, 1.54) is 25.7 Å². The number of carbonyl (C=O) groups is 1. The van der Waals surface area contributed by atoms with Crippen molar-refractivity contribution < 1.29 is 4.79 Å². The molecule has 1 aliphatic carbocycles. The van der Waals surface area contributed by atoms with Crippen LogP contribution in [0.2, 0.25) is 0 Å². The molecule has 1 aliphatic rings. The predicted octanol–water partition coefficient (Wildman–Crippen LogP) is 3.48. The number of nitrogens with one attached hydrogen (secondary N) is 2. The topological polar surface area (TPSA) is 44.9 Å². The first kappa shape index (κ1) is 12.3. The second kappa shape index (κ2) is 4.72. The standard InChI is InChI=1S/C16H20N2O/c1-2-7-16(8-9-16)11-18-15(19)13-4-3-5-14-12(13)6-10-17-14/h3-6,10,17H,2,7-9,11H2,1H3,(H,18,19). The van der Waals surface area contributed by atoms with E-state index in [0.29, 0.717) is 5.41 Å². The predicted molar refractivity (Wildman–Crippen MR) is 77.2 cm³/mol. The Labute approximate surface area is 113 Å². The van der Waals surface area contributed by atoms with Gasteiger partial charge in [-0.2, -0.15) is 0 Å². The molecule has 0 radical (unpaired) electrons. The summed E-state index contributed by atoms with van der Waals surface area (Å²) in [6, 6.07) is 7.77. The van der Waals surface area contributed by atoms with Crippen LogP contribution in [0.3, 0.4) is 0 Å². The molecule has 0 bridgehead atoms. The summed E-state index contributed by atoms with van der Waals surface area (Å²) < 4.78 is 0. The van der Waals surface area contributed by atoms with Gasteiger partial charge in [0.15, 0.2) is 0 Å². The lowest BCUT2D eigenvalue weighted by atomic mass is 10.0. The molecule has 0 aliphatic heterocycles. The van der Waals surface area contributed by atoms with Gasteiger partial charge in [-0.15, -0.1) is 0 Å². The molecule has 2 N–H and O–H groups in total. The monoisotopic (exact) mass is 256 g/mol. The fraction of sp³-hybridized carbons (Fsp3) is 0.438. The Morgan fingerprint density at radius 2 is 2.21 bits per heavy atom. The van der Waals surface area contributed by atoms with Gasteiger partial charge in [-0.3, -0.25) is 4.79 Å². The highest BCUT2D eigenvalue weighted by molar-refractivity contribution is 6.06. The zero-order chi connectivity index (χ0) is 13.3. The van der Waals surface area contributed by atoms with Crippen molar-refractivity contribution in [2.75, 3.05) is 6.54 Å². The van der Waals surface area contributed by atoms with Crippen LogP contribution in [0.15, 0.2) is 30.5 Å². The van der Waals surface area contributed by atoms with Crippen LogP contribution in [0, 0.1) is 5.41 Å². The lowest BCUT2D eigenvalue weighted by molar-refractivity contribution is 0.0945. The van der Waals surface area contributed by atoms with E-state index in [9.17, 15) is 4.79 Å². The van der Waals surface area contributed by atoms with Crippen LogP contribution in [0.25, 0.3) is 10.9 Å². The van der Waals surface area contributed by atoms with Gasteiger partial charge in [-0.05, 0) is 42.9 Å². The number of carbonyl (C=O) groups excluding carboxylic acids is 1. The van der Waals surface area contributed by atoms with Crippen LogP contribution in [-0.4, -0.2) is 17.4 Å². The van der Waals surface area contributed by atoms with Gasteiger partial charge < -0.3 is 10.3 Å². The van der Waals surface area contributed by atoms with Crippen LogP contribution in [0.4, 0.5) is 0 Å². The van der Waals surface area contributed by atoms with Gasteiger partial charge in [0.1, 0.15) is 0 Å². The van der Waals surface area contributed by atoms with E-state index < -0.39 is 0 Å². The first-order valence-corrected chi connectivity index (χ1v) is 7.08. The number of amides is 1. The van der Waals surface area contributed by atoms with E-state index in [-0.39, 0.29) is 5.91 Å². The van der Waals surface area contributed by atoms with Crippen LogP contribution in [-0.2, 0) is 0 Å². The third-order valence-electron chi connectivity index (χ3n) is 4.20. The van der Waals surface area contributed by atoms with Gasteiger partial charge in [0.2, 0.25) is 0 Å². The van der Waals surface area contributed by atoms with Crippen molar-refractivity contribution in [1.82, 2.24) is 10.3 Å². The summed E-state index contributed by atoms with van der Waals surface area (Å²) in [7, 11) is 0. The van der Waals surface area contributed by atoms with Gasteiger partial charge in [-0.1, -0.05) is 19.4 Å². The van der Waals surface area contributed by atoms with Crippen molar-refractivity contribution in [1.29, 1.82) is 0 Å². The lowest BCUT2D eigenvalue weighted by Crippen LogP contribution is -2.30. The molecule has 0 saturated heterocycles. The van der Waals surface area contributed by atoms with Crippen molar-refractivity contribution >= 4 is 16.8 Å². The largest absolute Gasteiger partial charge is 0.361 e. The lowest BCUT2D eigenvalue weighted by Gasteiger charge is -2.15. The summed E-state index contributed by atoms with van der Waals surface area (Å²) in [5, 5.41) is 4.12. The average Bonchev–Trinajstić information content (AvgIpc) is 3.01. The summed E-state index contributed by atoms with van der Waals surface area (Å²) in [6.07, 6.45) is 6.82. The zero-order valence-electron chi connectivity index (χ0n) is 11.3. The van der Waals surface area contributed by atoms with Gasteiger partial charge in [-0.25, -0.2) is 0 Å². The van der Waals surface area contributed by atoms with Crippen LogP contribution in [0.5, 0.6) is 0 Å². The molecule has 1 fully saturated rings. The SMILES string of the molecule is CCCC1(CNC(=O)c2cccc3[nH]ccc23)CC1. The number of fused-ring (bicyclic) bond motifs is 1. The van der Waals surface area contributed by atoms with Gasteiger partial charge in [0.05, 0.1) is 0 Å². The molecule has 1 saturated carbocycles. The Morgan fingerprint density at radius 1 is 1.37 bits per heavy atom. The molecule has 2 aromatic rings. The van der Waals surface area contributed by atoms with Crippen molar-refractivity contribution in [3.63, 3.8) is 0 Å². The first-order valence-electron chi connectivity index (χ1n) is 7.08. The number of aromatic amines is 1. The smallest absolute Gasteiger partial charge is 0.251 e. The average molecular weight is 256 g/mol. The molecule has 3 nitrogen and oxygen atoms in total. The summed E-state index contributed by atoms with van der Waals surface area (Å²) in [4.78, 5) is 15.5. The molecule has 0 unspecified atom stereocenters.